The lowest BCUT2D eigenvalue weighted by atomic mass is 9.72. The molecule has 1 fully saturated rings. The molecule has 2 aromatic carbocycles. The average molecular weight is 434 g/mol. The summed E-state index contributed by atoms with van der Waals surface area (Å²) in [6.07, 6.45) is 4.12. The molecule has 0 radical (unpaired) electrons. The van der Waals surface area contributed by atoms with Crippen molar-refractivity contribution in [1.82, 2.24) is 10.4 Å². The molecule has 1 aliphatic rings. The molecular formula is C26H28ClN3O. The number of hydrogen-bond acceptors (Lipinski definition) is 3. The normalized spacial score (nSPS) is 16.9. The van der Waals surface area contributed by atoms with E-state index in [4.69, 9.17) is 16.6 Å². The molecule has 3 aromatic rings. The van der Waals surface area contributed by atoms with E-state index >= 15 is 0 Å². The van der Waals surface area contributed by atoms with E-state index in [2.05, 4.69) is 31.3 Å². The minimum Gasteiger partial charge on any atom is -0.267 e. The fraction of sp³-hybridized carbons (Fsp3) is 0.346. The van der Waals surface area contributed by atoms with Crippen molar-refractivity contribution in [2.45, 2.75) is 46.5 Å². The Hall–Kier alpha value is -2.72. The molecule has 5 heteroatoms. The predicted molar refractivity (Wildman–Crippen MR) is 129 cm³/mol. The molecule has 31 heavy (non-hydrogen) atoms. The van der Waals surface area contributed by atoms with Gasteiger partial charge in [0.25, 0.3) is 5.91 Å². The van der Waals surface area contributed by atoms with Gasteiger partial charge in [0.15, 0.2) is 0 Å². The second-order valence-corrected chi connectivity index (χ2v) is 9.77. The Bertz CT molecular complexity index is 1120. The van der Waals surface area contributed by atoms with Gasteiger partial charge in [-0.25, -0.2) is 10.4 Å². The van der Waals surface area contributed by atoms with Crippen molar-refractivity contribution in [2.75, 3.05) is 0 Å². The van der Waals surface area contributed by atoms with Crippen LogP contribution in [0.15, 0.2) is 59.7 Å². The van der Waals surface area contributed by atoms with Crippen LogP contribution in [0.4, 0.5) is 0 Å². The number of fused-ring (bicyclic) bond motifs is 1. The van der Waals surface area contributed by atoms with E-state index in [1.165, 1.54) is 0 Å². The minimum atomic E-state index is -0.209. The van der Waals surface area contributed by atoms with E-state index in [9.17, 15) is 4.79 Å². The Morgan fingerprint density at radius 2 is 1.74 bits per heavy atom. The number of rotatable bonds is 3. The van der Waals surface area contributed by atoms with Crippen LogP contribution in [0.2, 0.25) is 5.02 Å². The molecule has 1 saturated carbocycles. The molecule has 0 bridgehead atoms. The van der Waals surface area contributed by atoms with Crippen LogP contribution in [0.25, 0.3) is 22.2 Å². The van der Waals surface area contributed by atoms with Gasteiger partial charge in [-0.3, -0.25) is 4.79 Å². The van der Waals surface area contributed by atoms with E-state index in [-0.39, 0.29) is 5.91 Å². The highest BCUT2D eigenvalue weighted by atomic mass is 35.5. The molecule has 1 heterocycles. The van der Waals surface area contributed by atoms with Gasteiger partial charge in [0.2, 0.25) is 0 Å². The number of amides is 1. The summed E-state index contributed by atoms with van der Waals surface area (Å²) in [5.41, 5.74) is 7.20. The number of para-hydroxylation sites is 1. The van der Waals surface area contributed by atoms with Crippen LogP contribution in [0, 0.1) is 11.3 Å². The third kappa shape index (κ3) is 4.96. The van der Waals surface area contributed by atoms with Crippen LogP contribution in [0.5, 0.6) is 0 Å². The van der Waals surface area contributed by atoms with Crippen LogP contribution in [-0.2, 0) is 0 Å². The van der Waals surface area contributed by atoms with Crippen molar-refractivity contribution in [3.63, 3.8) is 0 Å². The summed E-state index contributed by atoms with van der Waals surface area (Å²) >= 11 is 6.03. The topological polar surface area (TPSA) is 54.4 Å². The lowest BCUT2D eigenvalue weighted by molar-refractivity contribution is 0.0956. The maximum atomic E-state index is 13.1. The van der Waals surface area contributed by atoms with Gasteiger partial charge < -0.3 is 0 Å². The van der Waals surface area contributed by atoms with Crippen molar-refractivity contribution in [2.24, 2.45) is 16.4 Å². The van der Waals surface area contributed by atoms with Gasteiger partial charge in [-0.05, 0) is 61.3 Å². The summed E-state index contributed by atoms with van der Waals surface area (Å²) in [5.74, 6) is 0.493. The molecule has 4 nitrogen and oxygen atoms in total. The Morgan fingerprint density at radius 3 is 2.42 bits per heavy atom. The second-order valence-electron chi connectivity index (χ2n) is 9.34. The van der Waals surface area contributed by atoms with Gasteiger partial charge in [-0.1, -0.05) is 62.7 Å². The van der Waals surface area contributed by atoms with Crippen molar-refractivity contribution in [3.05, 3.63) is 65.2 Å². The number of carbonyl (C=O) groups is 1. The number of carbonyl (C=O) groups excluding carboxylic acids is 1. The summed E-state index contributed by atoms with van der Waals surface area (Å²) < 4.78 is 0. The van der Waals surface area contributed by atoms with Gasteiger partial charge in [0.05, 0.1) is 16.8 Å². The Morgan fingerprint density at radius 1 is 1.06 bits per heavy atom. The van der Waals surface area contributed by atoms with E-state index in [0.29, 0.717) is 21.9 Å². The van der Waals surface area contributed by atoms with Crippen molar-refractivity contribution in [3.8, 4) is 11.3 Å². The first-order chi connectivity index (χ1) is 14.8. The molecule has 1 aliphatic carbocycles. The number of pyridine rings is 1. The first-order valence-electron chi connectivity index (χ1n) is 10.8. The lowest BCUT2D eigenvalue weighted by Crippen LogP contribution is -2.27. The van der Waals surface area contributed by atoms with Crippen molar-refractivity contribution < 1.29 is 4.79 Å². The SMILES string of the molecule is CC(C)(C)C1CCC(=NNC(=O)c2cc(-c3ccc(Cl)cc3)nc3ccccc23)CC1. The first-order valence-corrected chi connectivity index (χ1v) is 11.2. The molecule has 0 unspecified atom stereocenters. The Kier molecular flexibility index (Phi) is 6.10. The molecule has 1 aromatic heterocycles. The van der Waals surface area contributed by atoms with Crippen LogP contribution < -0.4 is 5.43 Å². The molecule has 0 spiro atoms. The maximum absolute atomic E-state index is 13.1. The van der Waals surface area contributed by atoms with Crippen molar-refractivity contribution in [1.29, 1.82) is 0 Å². The Labute approximate surface area is 188 Å². The van der Waals surface area contributed by atoms with Crippen LogP contribution in [0.1, 0.15) is 56.8 Å². The van der Waals surface area contributed by atoms with Gasteiger partial charge in [0, 0.05) is 21.7 Å². The number of benzene rings is 2. The average Bonchev–Trinajstić information content (AvgIpc) is 2.77. The molecule has 0 saturated heterocycles. The molecule has 160 valence electrons. The number of halogens is 1. The molecule has 0 aliphatic heterocycles. The zero-order chi connectivity index (χ0) is 22.0. The van der Waals surface area contributed by atoms with E-state index in [0.717, 1.165) is 53.6 Å². The minimum absolute atomic E-state index is 0.209. The second kappa shape index (κ2) is 8.80. The summed E-state index contributed by atoms with van der Waals surface area (Å²) in [5, 5.41) is 5.96. The number of nitrogens with zero attached hydrogens (tertiary/aromatic N) is 2. The fourth-order valence-electron chi connectivity index (χ4n) is 4.25. The zero-order valence-corrected chi connectivity index (χ0v) is 19.0. The third-order valence-electron chi connectivity index (χ3n) is 6.20. The quantitative estimate of drug-likeness (QED) is 0.458. The highest BCUT2D eigenvalue weighted by Gasteiger charge is 2.28. The largest absolute Gasteiger partial charge is 0.272 e. The third-order valence-corrected chi connectivity index (χ3v) is 6.46. The first kappa shape index (κ1) is 21.5. The maximum Gasteiger partial charge on any atom is 0.272 e. The van der Waals surface area contributed by atoms with Crippen LogP contribution in [0.3, 0.4) is 0 Å². The summed E-state index contributed by atoms with van der Waals surface area (Å²) in [6.45, 7) is 6.90. The predicted octanol–water partition coefficient (Wildman–Crippen LogP) is 6.88. The van der Waals surface area contributed by atoms with Crippen LogP contribution in [-0.4, -0.2) is 16.6 Å². The molecule has 4 rings (SSSR count). The molecule has 1 amide bonds. The van der Waals surface area contributed by atoms with Crippen molar-refractivity contribution >= 4 is 34.1 Å². The van der Waals surface area contributed by atoms with E-state index < -0.39 is 0 Å². The fourth-order valence-corrected chi connectivity index (χ4v) is 4.38. The van der Waals surface area contributed by atoms with Crippen LogP contribution >= 0.6 is 11.6 Å². The molecular weight excluding hydrogens is 406 g/mol. The Balaban J connectivity index is 1.58. The molecule has 0 atom stereocenters. The lowest BCUT2D eigenvalue weighted by Gasteiger charge is -2.34. The highest BCUT2D eigenvalue weighted by molar-refractivity contribution is 6.30. The monoisotopic (exact) mass is 433 g/mol. The van der Waals surface area contributed by atoms with Gasteiger partial charge >= 0.3 is 0 Å². The van der Waals surface area contributed by atoms with E-state index in [1.54, 1.807) is 0 Å². The number of aromatic nitrogens is 1. The number of hydrogen-bond donors (Lipinski definition) is 1. The number of hydrazone groups is 1. The highest BCUT2D eigenvalue weighted by Crippen LogP contribution is 2.36. The van der Waals surface area contributed by atoms with E-state index in [1.807, 2.05) is 54.6 Å². The summed E-state index contributed by atoms with van der Waals surface area (Å²) in [7, 11) is 0. The van der Waals surface area contributed by atoms with Gasteiger partial charge in [-0.15, -0.1) is 0 Å². The smallest absolute Gasteiger partial charge is 0.267 e. The number of nitrogens with one attached hydrogen (secondary N) is 1. The molecule has 1 N–H and O–H groups in total. The standard InChI is InChI=1S/C26H28ClN3O/c1-26(2,3)18-10-14-20(15-11-18)29-30-25(31)22-16-24(17-8-12-19(27)13-9-17)28-23-7-5-4-6-21(22)23/h4-9,12-13,16,18H,10-11,14-15H2,1-3H3,(H,30,31). The van der Waals surface area contributed by atoms with Gasteiger partial charge in [-0.2, -0.15) is 5.10 Å². The summed E-state index contributed by atoms with van der Waals surface area (Å²) in [4.78, 5) is 17.8. The summed E-state index contributed by atoms with van der Waals surface area (Å²) in [6, 6.07) is 17.0. The zero-order valence-electron chi connectivity index (χ0n) is 18.3. The van der Waals surface area contributed by atoms with Gasteiger partial charge in [0.1, 0.15) is 0 Å².